The summed E-state index contributed by atoms with van der Waals surface area (Å²) in [6, 6.07) is 1.72. The minimum absolute atomic E-state index is 0.163. The number of nitrogens with two attached hydrogens (primary N) is 1. The third-order valence-corrected chi connectivity index (χ3v) is 3.85. The van der Waals surface area contributed by atoms with E-state index < -0.39 is 0 Å². The molecule has 0 aromatic carbocycles. The molecule has 1 saturated heterocycles. The maximum atomic E-state index is 12.1. The Hall–Kier alpha value is -1.30. The molecule has 2 heterocycles. The summed E-state index contributed by atoms with van der Waals surface area (Å²) in [6.45, 7) is 5.52. The number of carbonyl (C=O) groups excluding carboxylic acids is 1. The zero-order valence-corrected chi connectivity index (χ0v) is 11.5. The fraction of sp³-hybridized carbons (Fsp3) is 0.583. The molecule has 1 aliphatic rings. The van der Waals surface area contributed by atoms with Crippen molar-refractivity contribution in [1.29, 1.82) is 0 Å². The van der Waals surface area contributed by atoms with E-state index in [4.69, 9.17) is 5.73 Å². The third kappa shape index (κ3) is 3.13. The number of amides is 1. The molecule has 1 aromatic heterocycles. The minimum atomic E-state index is -0.163. The summed E-state index contributed by atoms with van der Waals surface area (Å²) in [7, 11) is 0. The molecule has 0 bridgehead atoms. The number of aryl methyl sites for hydroxylation is 1. The maximum Gasteiger partial charge on any atom is 0.235 e. The summed E-state index contributed by atoms with van der Waals surface area (Å²) in [5.41, 5.74) is 6.50. The zero-order valence-electron chi connectivity index (χ0n) is 10.7. The first kappa shape index (κ1) is 13.1. The quantitative estimate of drug-likeness (QED) is 0.662. The van der Waals surface area contributed by atoms with Gasteiger partial charge in [0.2, 0.25) is 5.91 Å². The van der Waals surface area contributed by atoms with Crippen molar-refractivity contribution in [3.8, 4) is 0 Å². The molecule has 2 N–H and O–H groups in total. The van der Waals surface area contributed by atoms with Gasteiger partial charge in [-0.3, -0.25) is 4.79 Å². The third-order valence-electron chi connectivity index (χ3n) is 2.90. The van der Waals surface area contributed by atoms with Gasteiger partial charge in [-0.1, -0.05) is 11.8 Å². The van der Waals surface area contributed by atoms with Gasteiger partial charge in [0.15, 0.2) is 5.16 Å². The Kier molecular flexibility index (Phi) is 4.06. The first-order chi connectivity index (χ1) is 8.56. The molecule has 98 valence electrons. The predicted molar refractivity (Wildman–Crippen MR) is 72.3 cm³/mol. The highest BCUT2D eigenvalue weighted by Gasteiger charge is 2.24. The first-order valence-corrected chi connectivity index (χ1v) is 7.01. The van der Waals surface area contributed by atoms with Crippen LogP contribution in [0.1, 0.15) is 25.5 Å². The zero-order chi connectivity index (χ0) is 13.1. The second-order valence-electron chi connectivity index (χ2n) is 4.51. The summed E-state index contributed by atoms with van der Waals surface area (Å²) in [4.78, 5) is 22.5. The second kappa shape index (κ2) is 5.56. The fourth-order valence-electron chi connectivity index (χ4n) is 2.02. The van der Waals surface area contributed by atoms with Gasteiger partial charge in [0, 0.05) is 24.8 Å². The smallest absolute Gasteiger partial charge is 0.235 e. The van der Waals surface area contributed by atoms with Crippen LogP contribution in [0.25, 0.3) is 0 Å². The number of hydrogen-bond acceptors (Lipinski definition) is 5. The molecular weight excluding hydrogens is 248 g/mol. The van der Waals surface area contributed by atoms with Crippen LogP contribution in [0.5, 0.6) is 0 Å². The van der Waals surface area contributed by atoms with Gasteiger partial charge >= 0.3 is 0 Å². The molecule has 1 atom stereocenters. The van der Waals surface area contributed by atoms with Gasteiger partial charge in [0.05, 0.1) is 5.25 Å². The Morgan fingerprint density at radius 1 is 1.44 bits per heavy atom. The summed E-state index contributed by atoms with van der Waals surface area (Å²) < 4.78 is 0. The molecule has 2 rings (SSSR count). The molecule has 0 spiro atoms. The first-order valence-electron chi connectivity index (χ1n) is 6.13. The Morgan fingerprint density at radius 3 is 2.72 bits per heavy atom. The van der Waals surface area contributed by atoms with Crippen LogP contribution in [0.15, 0.2) is 11.2 Å². The average Bonchev–Trinajstić information content (AvgIpc) is 2.79. The molecule has 1 aromatic rings. The number of nitrogen functional groups attached to an aromatic ring is 1. The maximum absolute atomic E-state index is 12.1. The van der Waals surface area contributed by atoms with E-state index in [1.807, 2.05) is 18.7 Å². The van der Waals surface area contributed by atoms with Crippen molar-refractivity contribution in [3.63, 3.8) is 0 Å². The van der Waals surface area contributed by atoms with Crippen molar-refractivity contribution < 1.29 is 4.79 Å². The highest BCUT2D eigenvalue weighted by molar-refractivity contribution is 8.00. The van der Waals surface area contributed by atoms with Crippen LogP contribution in [0.4, 0.5) is 5.82 Å². The van der Waals surface area contributed by atoms with Gasteiger partial charge in [-0.25, -0.2) is 9.97 Å². The van der Waals surface area contributed by atoms with Crippen LogP contribution in [0, 0.1) is 6.92 Å². The second-order valence-corrected chi connectivity index (χ2v) is 5.82. The van der Waals surface area contributed by atoms with Gasteiger partial charge in [0.25, 0.3) is 0 Å². The molecular formula is C12H18N4OS. The number of thioether (sulfide) groups is 1. The Morgan fingerprint density at radius 2 is 2.11 bits per heavy atom. The van der Waals surface area contributed by atoms with E-state index in [1.54, 1.807) is 6.07 Å². The number of rotatable bonds is 3. The summed E-state index contributed by atoms with van der Waals surface area (Å²) in [5.74, 6) is 0.618. The highest BCUT2D eigenvalue weighted by Crippen LogP contribution is 2.23. The summed E-state index contributed by atoms with van der Waals surface area (Å²) in [5, 5.41) is 0.414. The molecule has 0 saturated carbocycles. The van der Waals surface area contributed by atoms with Crippen LogP contribution < -0.4 is 5.73 Å². The van der Waals surface area contributed by atoms with E-state index in [9.17, 15) is 4.79 Å². The molecule has 1 aliphatic heterocycles. The number of anilines is 1. The van der Waals surface area contributed by atoms with E-state index in [0.717, 1.165) is 31.6 Å². The van der Waals surface area contributed by atoms with Gasteiger partial charge in [-0.05, 0) is 26.7 Å². The van der Waals surface area contributed by atoms with E-state index >= 15 is 0 Å². The fourth-order valence-corrected chi connectivity index (χ4v) is 2.94. The lowest BCUT2D eigenvalue weighted by Gasteiger charge is -2.19. The standard InChI is InChI=1S/C12H18N4OS/c1-8-7-10(13)15-12(14-8)18-9(2)11(17)16-5-3-4-6-16/h7,9H,3-6H2,1-2H3,(H2,13,14,15)/t9-/m1/s1. The number of likely N-dealkylation sites (tertiary alicyclic amines) is 1. The number of nitrogens with zero attached hydrogens (tertiary/aromatic N) is 3. The number of carbonyl (C=O) groups is 1. The van der Waals surface area contributed by atoms with Gasteiger partial charge in [-0.15, -0.1) is 0 Å². The van der Waals surface area contributed by atoms with E-state index in [-0.39, 0.29) is 11.2 Å². The van der Waals surface area contributed by atoms with Crippen LogP contribution in [-0.2, 0) is 4.79 Å². The lowest BCUT2D eigenvalue weighted by atomic mass is 10.4. The molecule has 0 aliphatic carbocycles. The molecule has 0 radical (unpaired) electrons. The molecule has 5 nitrogen and oxygen atoms in total. The highest BCUT2D eigenvalue weighted by atomic mass is 32.2. The average molecular weight is 266 g/mol. The Balaban J connectivity index is 2.01. The van der Waals surface area contributed by atoms with Crippen LogP contribution >= 0.6 is 11.8 Å². The lowest BCUT2D eigenvalue weighted by Crippen LogP contribution is -2.34. The topological polar surface area (TPSA) is 72.1 Å². The number of hydrogen-bond donors (Lipinski definition) is 1. The Labute approximate surface area is 111 Å². The molecule has 0 unspecified atom stereocenters. The van der Waals surface area contributed by atoms with Crippen LogP contribution in [-0.4, -0.2) is 39.1 Å². The van der Waals surface area contributed by atoms with Crippen LogP contribution in [0.2, 0.25) is 0 Å². The normalized spacial score (nSPS) is 16.9. The summed E-state index contributed by atoms with van der Waals surface area (Å²) in [6.07, 6.45) is 2.22. The molecule has 1 fully saturated rings. The predicted octanol–water partition coefficient (Wildman–Crippen LogP) is 1.47. The monoisotopic (exact) mass is 266 g/mol. The lowest BCUT2D eigenvalue weighted by molar-refractivity contribution is -0.129. The molecule has 1 amide bonds. The van der Waals surface area contributed by atoms with Gasteiger partial charge < -0.3 is 10.6 Å². The van der Waals surface area contributed by atoms with Crippen molar-refractivity contribution in [1.82, 2.24) is 14.9 Å². The molecule has 18 heavy (non-hydrogen) atoms. The van der Waals surface area contributed by atoms with Crippen LogP contribution in [0.3, 0.4) is 0 Å². The summed E-state index contributed by atoms with van der Waals surface area (Å²) >= 11 is 1.37. The van der Waals surface area contributed by atoms with E-state index in [1.165, 1.54) is 11.8 Å². The van der Waals surface area contributed by atoms with E-state index in [0.29, 0.717) is 11.0 Å². The van der Waals surface area contributed by atoms with E-state index in [2.05, 4.69) is 9.97 Å². The van der Waals surface area contributed by atoms with Gasteiger partial charge in [0.1, 0.15) is 5.82 Å². The van der Waals surface area contributed by atoms with Gasteiger partial charge in [-0.2, -0.15) is 0 Å². The van der Waals surface area contributed by atoms with Crippen molar-refractivity contribution in [3.05, 3.63) is 11.8 Å². The van der Waals surface area contributed by atoms with Crippen molar-refractivity contribution in [2.24, 2.45) is 0 Å². The largest absolute Gasteiger partial charge is 0.384 e. The molecule has 6 heteroatoms. The number of aromatic nitrogens is 2. The van der Waals surface area contributed by atoms with Crippen molar-refractivity contribution in [2.45, 2.75) is 37.1 Å². The van der Waals surface area contributed by atoms with Crippen molar-refractivity contribution >= 4 is 23.5 Å². The minimum Gasteiger partial charge on any atom is -0.384 e. The Bertz CT molecular complexity index is 425. The van der Waals surface area contributed by atoms with Crippen molar-refractivity contribution in [2.75, 3.05) is 18.8 Å². The SMILES string of the molecule is Cc1cc(N)nc(S[C@H](C)C(=O)N2CCCC2)n1.